The highest BCUT2D eigenvalue weighted by Crippen LogP contribution is 2.30. The lowest BCUT2D eigenvalue weighted by Gasteiger charge is -2.18. The third-order valence-corrected chi connectivity index (χ3v) is 4.34. The van der Waals surface area contributed by atoms with Crippen molar-refractivity contribution in [3.63, 3.8) is 0 Å². The van der Waals surface area contributed by atoms with Crippen LogP contribution in [0.4, 0.5) is 21.6 Å². The van der Waals surface area contributed by atoms with E-state index in [1.807, 2.05) is 18.2 Å². The van der Waals surface area contributed by atoms with Crippen molar-refractivity contribution in [2.75, 3.05) is 30.0 Å². The molecule has 4 rings (SSSR count). The third-order valence-electron chi connectivity index (χ3n) is 4.05. The molecule has 1 aliphatic rings. The van der Waals surface area contributed by atoms with Gasteiger partial charge in [0.05, 0.1) is 22.9 Å². The smallest absolute Gasteiger partial charge is 0.165 e. The second-order valence-electron chi connectivity index (χ2n) is 5.57. The Kier molecular flexibility index (Phi) is 3.92. The molecule has 5 nitrogen and oxygen atoms in total. The van der Waals surface area contributed by atoms with Gasteiger partial charge in [-0.05, 0) is 30.3 Å². The molecule has 0 amide bonds. The van der Waals surface area contributed by atoms with Crippen LogP contribution in [-0.2, 0) is 0 Å². The van der Waals surface area contributed by atoms with Crippen LogP contribution in [0.15, 0.2) is 42.7 Å². The van der Waals surface area contributed by atoms with E-state index in [1.54, 1.807) is 12.1 Å². The van der Waals surface area contributed by atoms with Gasteiger partial charge < -0.3 is 10.2 Å². The molecular formula is C17H15ClFN5. The molecule has 0 atom stereocenters. The number of hydrogen-bond acceptors (Lipinski definition) is 5. The first-order valence-electron chi connectivity index (χ1n) is 7.64. The molecule has 0 radical (unpaired) electrons. The number of nitrogens with one attached hydrogen (secondary N) is 2. The Hall–Kier alpha value is -2.44. The van der Waals surface area contributed by atoms with Crippen LogP contribution >= 0.6 is 11.6 Å². The van der Waals surface area contributed by atoms with E-state index in [0.717, 1.165) is 36.3 Å². The van der Waals surface area contributed by atoms with E-state index in [-0.39, 0.29) is 10.7 Å². The Morgan fingerprint density at radius 2 is 2.12 bits per heavy atom. The Balaban J connectivity index is 1.76. The van der Waals surface area contributed by atoms with Crippen molar-refractivity contribution in [1.29, 1.82) is 0 Å². The predicted octanol–water partition coefficient (Wildman–Crippen LogP) is 3.53. The van der Waals surface area contributed by atoms with E-state index in [1.165, 1.54) is 12.4 Å². The Morgan fingerprint density at radius 3 is 2.96 bits per heavy atom. The zero-order valence-electron chi connectivity index (χ0n) is 12.8. The van der Waals surface area contributed by atoms with E-state index in [2.05, 4.69) is 25.5 Å². The van der Waals surface area contributed by atoms with Crippen LogP contribution in [0, 0.1) is 5.82 Å². The van der Waals surface area contributed by atoms with Gasteiger partial charge in [-0.25, -0.2) is 14.4 Å². The number of aromatic nitrogens is 2. The van der Waals surface area contributed by atoms with Gasteiger partial charge in [0, 0.05) is 24.2 Å². The summed E-state index contributed by atoms with van der Waals surface area (Å²) in [5.41, 5.74) is 2.17. The first-order valence-corrected chi connectivity index (χ1v) is 8.01. The van der Waals surface area contributed by atoms with Gasteiger partial charge in [0.25, 0.3) is 0 Å². The van der Waals surface area contributed by atoms with E-state index in [4.69, 9.17) is 11.6 Å². The quantitative estimate of drug-likeness (QED) is 0.762. The molecular weight excluding hydrogens is 329 g/mol. The number of fused-ring (bicyclic) bond motifs is 1. The normalized spacial score (nSPS) is 14.3. The average Bonchev–Trinajstić information content (AvgIpc) is 3.13. The molecule has 0 spiro atoms. The number of nitrogens with zero attached hydrogens (tertiary/aromatic N) is 3. The molecule has 7 heteroatoms. The number of halogens is 2. The van der Waals surface area contributed by atoms with Crippen molar-refractivity contribution in [1.82, 2.24) is 15.3 Å². The summed E-state index contributed by atoms with van der Waals surface area (Å²) < 4.78 is 14.2. The third kappa shape index (κ3) is 2.74. The maximum Gasteiger partial charge on any atom is 0.165 e. The molecule has 1 saturated heterocycles. The Morgan fingerprint density at radius 1 is 1.21 bits per heavy atom. The fraction of sp³-hybridized carbons (Fsp3) is 0.176. The van der Waals surface area contributed by atoms with Gasteiger partial charge in [-0.3, -0.25) is 5.32 Å². The number of anilines is 3. The molecule has 0 saturated carbocycles. The van der Waals surface area contributed by atoms with Gasteiger partial charge in [-0.2, -0.15) is 0 Å². The van der Waals surface area contributed by atoms with Crippen LogP contribution < -0.4 is 15.5 Å². The van der Waals surface area contributed by atoms with Gasteiger partial charge in [0.1, 0.15) is 12.1 Å². The van der Waals surface area contributed by atoms with Crippen molar-refractivity contribution in [2.45, 2.75) is 0 Å². The first-order chi connectivity index (χ1) is 11.7. The van der Waals surface area contributed by atoms with Gasteiger partial charge in [0.15, 0.2) is 5.82 Å². The molecule has 1 fully saturated rings. The largest absolute Gasteiger partial charge is 0.357 e. The number of hydrogen-bond donors (Lipinski definition) is 2. The second-order valence-corrected chi connectivity index (χ2v) is 5.98. The van der Waals surface area contributed by atoms with Crippen LogP contribution in [0.2, 0.25) is 5.02 Å². The van der Waals surface area contributed by atoms with E-state index in [9.17, 15) is 4.39 Å². The van der Waals surface area contributed by atoms with Crippen LogP contribution in [0.1, 0.15) is 0 Å². The summed E-state index contributed by atoms with van der Waals surface area (Å²) in [5.74, 6) is 0.0565. The summed E-state index contributed by atoms with van der Waals surface area (Å²) in [6.07, 6.45) is 1.46. The Labute approximate surface area is 143 Å². The fourth-order valence-electron chi connectivity index (χ4n) is 2.80. The Bertz CT molecular complexity index is 895. The molecule has 2 N–H and O–H groups in total. The fourth-order valence-corrected chi connectivity index (χ4v) is 2.97. The molecule has 3 aromatic rings. The minimum Gasteiger partial charge on any atom is -0.357 e. The van der Waals surface area contributed by atoms with Crippen molar-refractivity contribution in [3.05, 3.63) is 53.6 Å². The van der Waals surface area contributed by atoms with E-state index in [0.29, 0.717) is 5.82 Å². The SMILES string of the molecule is Fc1c(Cl)cccc1Nc1ncnc2ccc(N3CCNC3)cc12. The lowest BCUT2D eigenvalue weighted by molar-refractivity contribution is 0.632. The standard InChI is InChI=1S/C17H15ClFN5/c18-13-2-1-3-15(16(13)19)23-17-12-8-11(24-7-6-20-10-24)4-5-14(12)21-9-22-17/h1-5,8-9,20H,6-7,10H2,(H,21,22,23). The molecule has 24 heavy (non-hydrogen) atoms. The molecule has 122 valence electrons. The number of rotatable bonds is 3. The van der Waals surface area contributed by atoms with E-state index >= 15 is 0 Å². The van der Waals surface area contributed by atoms with Gasteiger partial charge >= 0.3 is 0 Å². The molecule has 0 bridgehead atoms. The van der Waals surface area contributed by atoms with E-state index < -0.39 is 5.82 Å². The maximum absolute atomic E-state index is 14.2. The summed E-state index contributed by atoms with van der Waals surface area (Å²) in [5, 5.41) is 7.24. The molecule has 1 aliphatic heterocycles. The minimum atomic E-state index is -0.495. The highest BCUT2D eigenvalue weighted by molar-refractivity contribution is 6.31. The van der Waals surface area contributed by atoms with Crippen LogP contribution in [0.25, 0.3) is 10.9 Å². The zero-order chi connectivity index (χ0) is 16.5. The summed E-state index contributed by atoms with van der Waals surface area (Å²) >= 11 is 5.85. The topological polar surface area (TPSA) is 53.1 Å². The summed E-state index contributed by atoms with van der Waals surface area (Å²) in [6.45, 7) is 2.72. The monoisotopic (exact) mass is 343 g/mol. The zero-order valence-corrected chi connectivity index (χ0v) is 13.5. The van der Waals surface area contributed by atoms with Gasteiger partial charge in [-0.1, -0.05) is 17.7 Å². The van der Waals surface area contributed by atoms with Crippen molar-refractivity contribution in [3.8, 4) is 0 Å². The highest BCUT2D eigenvalue weighted by Gasteiger charge is 2.14. The van der Waals surface area contributed by atoms with Crippen LogP contribution in [0.5, 0.6) is 0 Å². The minimum absolute atomic E-state index is 0.0715. The van der Waals surface area contributed by atoms with Crippen molar-refractivity contribution >= 4 is 39.7 Å². The molecule has 2 aromatic carbocycles. The second kappa shape index (κ2) is 6.22. The first kappa shape index (κ1) is 15.1. The summed E-state index contributed by atoms with van der Waals surface area (Å²) in [7, 11) is 0. The number of benzene rings is 2. The maximum atomic E-state index is 14.2. The average molecular weight is 344 g/mol. The van der Waals surface area contributed by atoms with Crippen LogP contribution in [0.3, 0.4) is 0 Å². The van der Waals surface area contributed by atoms with Crippen molar-refractivity contribution < 1.29 is 4.39 Å². The van der Waals surface area contributed by atoms with Crippen molar-refractivity contribution in [2.24, 2.45) is 0 Å². The molecule has 1 aromatic heterocycles. The predicted molar refractivity (Wildman–Crippen MR) is 94.4 cm³/mol. The molecule has 2 heterocycles. The lowest BCUT2D eigenvalue weighted by Crippen LogP contribution is -2.20. The van der Waals surface area contributed by atoms with Gasteiger partial charge in [-0.15, -0.1) is 0 Å². The van der Waals surface area contributed by atoms with Gasteiger partial charge in [0.2, 0.25) is 0 Å². The summed E-state index contributed by atoms with van der Waals surface area (Å²) in [6, 6.07) is 10.8. The van der Waals surface area contributed by atoms with Crippen LogP contribution in [-0.4, -0.2) is 29.7 Å². The lowest BCUT2D eigenvalue weighted by atomic mass is 10.2. The molecule has 0 aliphatic carbocycles. The summed E-state index contributed by atoms with van der Waals surface area (Å²) in [4.78, 5) is 10.8. The highest BCUT2D eigenvalue weighted by atomic mass is 35.5. The molecule has 0 unspecified atom stereocenters.